The first kappa shape index (κ1) is 21.6. The second kappa shape index (κ2) is 9.57. The van der Waals surface area contributed by atoms with Crippen LogP contribution in [-0.2, 0) is 6.54 Å². The molecule has 3 rings (SSSR count). The van der Waals surface area contributed by atoms with Gasteiger partial charge in [0.25, 0.3) is 11.5 Å². The molecule has 29 heavy (non-hydrogen) atoms. The Balaban J connectivity index is 1.67. The van der Waals surface area contributed by atoms with Crippen LogP contribution in [0.3, 0.4) is 0 Å². The first-order chi connectivity index (χ1) is 13.9. The molecule has 0 aliphatic carbocycles. The standard InChI is InChI=1S/C22H34N4O3/c1-5-17-9-6-7-11-25(17)12-8-10-23-20(27)18-16(4)29-21-19(18)22(28)26(14-24-21)13-15(2)3/h14-15,17H,5-13H2,1-4H3,(H,23,27)/t17-/m1/s1. The molecule has 2 aromatic heterocycles. The topological polar surface area (TPSA) is 80.4 Å². The SMILES string of the molecule is CC[C@@H]1CCCCN1CCCNC(=O)c1c(C)oc2ncn(CC(C)C)c(=O)c12. The minimum Gasteiger partial charge on any atom is -0.442 e. The van der Waals surface area contributed by atoms with Crippen LogP contribution in [0.2, 0.25) is 0 Å². The average Bonchev–Trinajstić information content (AvgIpc) is 3.04. The zero-order valence-electron chi connectivity index (χ0n) is 18.2. The van der Waals surface area contributed by atoms with Gasteiger partial charge < -0.3 is 14.6 Å². The smallest absolute Gasteiger partial charge is 0.265 e. The van der Waals surface area contributed by atoms with Crippen molar-refractivity contribution in [2.75, 3.05) is 19.6 Å². The van der Waals surface area contributed by atoms with E-state index >= 15 is 0 Å². The van der Waals surface area contributed by atoms with E-state index in [1.165, 1.54) is 32.0 Å². The molecule has 1 aliphatic rings. The van der Waals surface area contributed by atoms with E-state index in [1.54, 1.807) is 11.5 Å². The van der Waals surface area contributed by atoms with Crippen LogP contribution in [-0.4, -0.2) is 46.0 Å². The molecule has 0 unspecified atom stereocenters. The van der Waals surface area contributed by atoms with E-state index < -0.39 is 0 Å². The molecular formula is C22H34N4O3. The Morgan fingerprint density at radius 2 is 2.17 bits per heavy atom. The molecule has 7 nitrogen and oxygen atoms in total. The molecule has 1 N–H and O–H groups in total. The monoisotopic (exact) mass is 402 g/mol. The maximum Gasteiger partial charge on any atom is 0.265 e. The summed E-state index contributed by atoms with van der Waals surface area (Å²) in [5.41, 5.74) is 0.335. The van der Waals surface area contributed by atoms with Crippen LogP contribution in [0.25, 0.3) is 11.1 Å². The number of aryl methyl sites for hydroxylation is 1. The van der Waals surface area contributed by atoms with Crippen LogP contribution >= 0.6 is 0 Å². The van der Waals surface area contributed by atoms with Gasteiger partial charge in [0.2, 0.25) is 5.71 Å². The molecule has 1 atom stereocenters. The fourth-order valence-electron chi connectivity index (χ4n) is 4.32. The molecule has 1 fully saturated rings. The number of carbonyl (C=O) groups excluding carboxylic acids is 1. The number of fused-ring (bicyclic) bond motifs is 1. The highest BCUT2D eigenvalue weighted by atomic mass is 16.3. The molecule has 160 valence electrons. The minimum absolute atomic E-state index is 0.218. The summed E-state index contributed by atoms with van der Waals surface area (Å²) >= 11 is 0. The number of hydrogen-bond donors (Lipinski definition) is 1. The lowest BCUT2D eigenvalue weighted by Gasteiger charge is -2.35. The maximum atomic E-state index is 12.9. The van der Waals surface area contributed by atoms with Gasteiger partial charge in [0.15, 0.2) is 0 Å². The van der Waals surface area contributed by atoms with Gasteiger partial charge in [-0.05, 0) is 45.1 Å². The van der Waals surface area contributed by atoms with Crippen LogP contribution in [0, 0.1) is 12.8 Å². The number of amides is 1. The summed E-state index contributed by atoms with van der Waals surface area (Å²) in [6, 6.07) is 0.671. The van der Waals surface area contributed by atoms with Crippen molar-refractivity contribution < 1.29 is 9.21 Å². The second-order valence-corrected chi connectivity index (χ2v) is 8.51. The number of nitrogens with zero attached hydrogens (tertiary/aromatic N) is 3. The van der Waals surface area contributed by atoms with Crippen LogP contribution < -0.4 is 10.9 Å². The third-order valence-electron chi connectivity index (χ3n) is 5.77. The largest absolute Gasteiger partial charge is 0.442 e. The van der Waals surface area contributed by atoms with E-state index in [0.29, 0.717) is 36.4 Å². The summed E-state index contributed by atoms with van der Waals surface area (Å²) in [6.45, 7) is 11.3. The Hall–Kier alpha value is -2.15. The summed E-state index contributed by atoms with van der Waals surface area (Å²) in [4.78, 5) is 32.5. The van der Waals surface area contributed by atoms with Gasteiger partial charge in [-0.3, -0.25) is 14.2 Å². The summed E-state index contributed by atoms with van der Waals surface area (Å²) < 4.78 is 7.15. The van der Waals surface area contributed by atoms with Gasteiger partial charge in [0.1, 0.15) is 17.5 Å². The van der Waals surface area contributed by atoms with E-state index in [0.717, 1.165) is 19.5 Å². The van der Waals surface area contributed by atoms with Gasteiger partial charge in [0.05, 0.1) is 5.56 Å². The van der Waals surface area contributed by atoms with Crippen molar-refractivity contribution in [3.05, 3.63) is 28.0 Å². The molecule has 2 aromatic rings. The highest BCUT2D eigenvalue weighted by Gasteiger charge is 2.23. The van der Waals surface area contributed by atoms with Gasteiger partial charge in [-0.1, -0.05) is 27.2 Å². The van der Waals surface area contributed by atoms with Crippen molar-refractivity contribution in [1.29, 1.82) is 0 Å². The number of hydrogen-bond acceptors (Lipinski definition) is 5. The molecular weight excluding hydrogens is 368 g/mol. The van der Waals surface area contributed by atoms with Gasteiger partial charge in [-0.15, -0.1) is 0 Å². The molecule has 3 heterocycles. The number of nitrogens with one attached hydrogen (secondary N) is 1. The molecule has 0 aromatic carbocycles. The summed E-state index contributed by atoms with van der Waals surface area (Å²) in [6.07, 6.45) is 7.44. The zero-order valence-corrected chi connectivity index (χ0v) is 18.2. The van der Waals surface area contributed by atoms with Crippen molar-refractivity contribution in [2.24, 2.45) is 5.92 Å². The lowest BCUT2D eigenvalue weighted by molar-refractivity contribution is 0.0947. The molecule has 0 saturated carbocycles. The third-order valence-corrected chi connectivity index (χ3v) is 5.77. The number of aromatic nitrogens is 2. The zero-order chi connectivity index (χ0) is 21.0. The maximum absolute atomic E-state index is 12.9. The Morgan fingerprint density at radius 1 is 1.38 bits per heavy atom. The Kier molecular flexibility index (Phi) is 7.11. The lowest BCUT2D eigenvalue weighted by atomic mass is 10.00. The van der Waals surface area contributed by atoms with E-state index in [9.17, 15) is 9.59 Å². The molecule has 1 amide bonds. The quantitative estimate of drug-likeness (QED) is 0.685. The molecule has 0 radical (unpaired) electrons. The Labute approximate surface area is 172 Å². The third kappa shape index (κ3) is 4.89. The second-order valence-electron chi connectivity index (χ2n) is 8.51. The van der Waals surface area contributed by atoms with Crippen molar-refractivity contribution in [3.8, 4) is 0 Å². The predicted molar refractivity (Wildman–Crippen MR) is 114 cm³/mol. The van der Waals surface area contributed by atoms with Gasteiger partial charge in [0, 0.05) is 25.7 Å². The molecule has 1 aliphatic heterocycles. The number of likely N-dealkylation sites (tertiary alicyclic amines) is 1. The summed E-state index contributed by atoms with van der Waals surface area (Å²) in [7, 11) is 0. The van der Waals surface area contributed by atoms with E-state index in [2.05, 4.69) is 22.1 Å². The highest BCUT2D eigenvalue weighted by Crippen LogP contribution is 2.21. The minimum atomic E-state index is -0.256. The molecule has 0 spiro atoms. The van der Waals surface area contributed by atoms with Crippen molar-refractivity contribution in [1.82, 2.24) is 19.8 Å². The van der Waals surface area contributed by atoms with Crippen molar-refractivity contribution >= 4 is 17.0 Å². The summed E-state index contributed by atoms with van der Waals surface area (Å²) in [5, 5.41) is 3.26. The van der Waals surface area contributed by atoms with E-state index in [4.69, 9.17) is 4.42 Å². The molecule has 0 bridgehead atoms. The van der Waals surface area contributed by atoms with Crippen LogP contribution in [0.1, 0.15) is 69.0 Å². The van der Waals surface area contributed by atoms with Gasteiger partial charge in [-0.2, -0.15) is 0 Å². The number of piperidine rings is 1. The van der Waals surface area contributed by atoms with Crippen molar-refractivity contribution in [2.45, 2.75) is 72.4 Å². The summed E-state index contributed by atoms with van der Waals surface area (Å²) in [5.74, 6) is 0.485. The molecule has 7 heteroatoms. The predicted octanol–water partition coefficient (Wildman–Crippen LogP) is 3.34. The normalized spacial score (nSPS) is 17.9. The van der Waals surface area contributed by atoms with Crippen LogP contribution in [0.5, 0.6) is 0 Å². The van der Waals surface area contributed by atoms with Crippen LogP contribution in [0.15, 0.2) is 15.5 Å². The first-order valence-electron chi connectivity index (χ1n) is 10.9. The fraction of sp³-hybridized carbons (Fsp3) is 0.682. The number of furan rings is 1. The Morgan fingerprint density at radius 3 is 2.90 bits per heavy atom. The van der Waals surface area contributed by atoms with E-state index in [-0.39, 0.29) is 22.6 Å². The first-order valence-corrected chi connectivity index (χ1v) is 10.9. The number of rotatable bonds is 8. The van der Waals surface area contributed by atoms with Gasteiger partial charge >= 0.3 is 0 Å². The van der Waals surface area contributed by atoms with Gasteiger partial charge in [-0.25, -0.2) is 4.98 Å². The van der Waals surface area contributed by atoms with Crippen molar-refractivity contribution in [3.63, 3.8) is 0 Å². The fourth-order valence-corrected chi connectivity index (χ4v) is 4.32. The van der Waals surface area contributed by atoms with Crippen LogP contribution in [0.4, 0.5) is 0 Å². The highest BCUT2D eigenvalue weighted by molar-refractivity contribution is 6.06. The molecule has 1 saturated heterocycles. The lowest BCUT2D eigenvalue weighted by Crippen LogP contribution is -2.40. The number of carbonyl (C=O) groups is 1. The average molecular weight is 403 g/mol. The van der Waals surface area contributed by atoms with E-state index in [1.807, 2.05) is 13.8 Å². The Bertz CT molecular complexity index is 899.